The molecular weight excluding hydrogens is 560 g/mol. The van der Waals surface area contributed by atoms with Crippen molar-refractivity contribution < 1.29 is 0 Å². The van der Waals surface area contributed by atoms with Crippen molar-refractivity contribution in [2.75, 3.05) is 0 Å². The zero-order valence-corrected chi connectivity index (χ0v) is 27.9. The number of fused-ring (bicyclic) bond motifs is 2. The highest BCUT2D eigenvalue weighted by molar-refractivity contribution is 6.22. The number of hydrogen-bond donors (Lipinski definition) is 0. The Labute approximate surface area is 271 Å². The fourth-order valence-corrected chi connectivity index (χ4v) is 7.14. The van der Waals surface area contributed by atoms with Crippen LogP contribution in [0.25, 0.3) is 66.6 Å². The summed E-state index contributed by atoms with van der Waals surface area (Å²) < 4.78 is 0. The molecule has 0 amide bonds. The first kappa shape index (κ1) is 29.5. The summed E-state index contributed by atoms with van der Waals surface area (Å²) in [5.41, 5.74) is 17.3. The monoisotopic (exact) mass is 598 g/mol. The van der Waals surface area contributed by atoms with Crippen LogP contribution in [0.3, 0.4) is 0 Å². The highest BCUT2D eigenvalue weighted by atomic mass is 14.8. The molecule has 4 nitrogen and oxygen atoms in total. The molecule has 0 spiro atoms. The molecule has 0 radical (unpaired) electrons. The van der Waals surface area contributed by atoms with Crippen molar-refractivity contribution in [3.63, 3.8) is 0 Å². The molecule has 0 aliphatic rings. The maximum Gasteiger partial charge on any atom is 0.0921 e. The Balaban J connectivity index is 1.55. The van der Waals surface area contributed by atoms with E-state index in [4.69, 9.17) is 19.9 Å². The quantitative estimate of drug-likeness (QED) is 0.189. The van der Waals surface area contributed by atoms with E-state index < -0.39 is 0 Å². The second-order valence-electron chi connectivity index (χ2n) is 12.5. The van der Waals surface area contributed by atoms with Gasteiger partial charge in [-0.25, -0.2) is 0 Å². The first-order valence-electron chi connectivity index (χ1n) is 15.9. The Kier molecular flexibility index (Phi) is 7.24. The molecule has 226 valence electrons. The van der Waals surface area contributed by atoms with Gasteiger partial charge < -0.3 is 0 Å². The number of nitrogens with zero attached hydrogens (tertiary/aromatic N) is 4. The molecule has 4 aromatic heterocycles. The average molecular weight is 599 g/mol. The van der Waals surface area contributed by atoms with Crippen molar-refractivity contribution in [1.82, 2.24) is 19.9 Å². The number of rotatable bonds is 4. The van der Waals surface area contributed by atoms with Crippen LogP contribution in [0.15, 0.2) is 84.9 Å². The smallest absolute Gasteiger partial charge is 0.0921 e. The second-order valence-corrected chi connectivity index (χ2v) is 12.5. The molecule has 0 saturated heterocycles. The third-order valence-corrected chi connectivity index (χ3v) is 9.56. The summed E-state index contributed by atoms with van der Waals surface area (Å²) in [6, 6.07) is 29.9. The number of hydrogen-bond acceptors (Lipinski definition) is 4. The summed E-state index contributed by atoms with van der Waals surface area (Å²) in [5.74, 6) is 0. The first-order chi connectivity index (χ1) is 22.2. The minimum absolute atomic E-state index is 0.915. The summed E-state index contributed by atoms with van der Waals surface area (Å²) in [6.45, 7) is 17.1. The molecule has 0 saturated carbocycles. The van der Waals surface area contributed by atoms with E-state index >= 15 is 0 Å². The lowest BCUT2D eigenvalue weighted by atomic mass is 9.82. The third kappa shape index (κ3) is 4.68. The van der Waals surface area contributed by atoms with Gasteiger partial charge in [0, 0.05) is 33.9 Å². The van der Waals surface area contributed by atoms with Crippen molar-refractivity contribution in [3.8, 4) is 45.0 Å². The highest BCUT2D eigenvalue weighted by Gasteiger charge is 2.24. The molecule has 7 rings (SSSR count). The molecule has 0 aliphatic heterocycles. The van der Waals surface area contributed by atoms with Gasteiger partial charge in [-0.3, -0.25) is 19.9 Å². The van der Waals surface area contributed by atoms with Crippen molar-refractivity contribution in [3.05, 3.63) is 130 Å². The van der Waals surface area contributed by atoms with Crippen LogP contribution in [0.4, 0.5) is 0 Å². The minimum Gasteiger partial charge on any atom is -0.251 e. The Morgan fingerprint density at radius 1 is 0.326 bits per heavy atom. The molecule has 0 aliphatic carbocycles. The molecule has 4 heteroatoms. The van der Waals surface area contributed by atoms with Gasteiger partial charge >= 0.3 is 0 Å². The molecule has 3 aromatic carbocycles. The Bertz CT molecular complexity index is 2130. The van der Waals surface area contributed by atoms with Gasteiger partial charge in [0.15, 0.2) is 0 Å². The summed E-state index contributed by atoms with van der Waals surface area (Å²) in [7, 11) is 0. The molecule has 7 aromatic rings. The zero-order valence-electron chi connectivity index (χ0n) is 27.9. The number of aryl methyl sites for hydroxylation is 4. The standard InChI is InChI=1S/C42H38N4/c1-23-15-13-21-35(43-23)41-27(5)25(3)37(29(7)45-41)39-31-17-9-11-19-33(31)40(34-20-12-10-18-32(34)39)38-26(4)28(6)42(46-30(38)8)36-22-14-16-24(2)44-36/h9-22H,1-8H3. The van der Waals surface area contributed by atoms with Crippen LogP contribution in [0, 0.1) is 55.4 Å². The topological polar surface area (TPSA) is 51.6 Å². The predicted octanol–water partition coefficient (Wildman–Crippen LogP) is 10.7. The highest BCUT2D eigenvalue weighted by Crippen LogP contribution is 2.47. The van der Waals surface area contributed by atoms with Gasteiger partial charge in [0.1, 0.15) is 0 Å². The van der Waals surface area contributed by atoms with Crippen LogP contribution in [0.2, 0.25) is 0 Å². The summed E-state index contributed by atoms with van der Waals surface area (Å²) in [6.07, 6.45) is 0. The summed E-state index contributed by atoms with van der Waals surface area (Å²) >= 11 is 0. The van der Waals surface area contributed by atoms with E-state index in [0.29, 0.717) is 0 Å². The van der Waals surface area contributed by atoms with E-state index in [1.54, 1.807) is 0 Å². The maximum atomic E-state index is 5.22. The van der Waals surface area contributed by atoms with Gasteiger partial charge in [-0.2, -0.15) is 0 Å². The van der Waals surface area contributed by atoms with E-state index in [1.807, 2.05) is 26.0 Å². The minimum atomic E-state index is 0.915. The Morgan fingerprint density at radius 3 is 1.00 bits per heavy atom. The lowest BCUT2D eigenvalue weighted by Crippen LogP contribution is -2.04. The lowest BCUT2D eigenvalue weighted by Gasteiger charge is -2.23. The van der Waals surface area contributed by atoms with Crippen LogP contribution in [0.5, 0.6) is 0 Å². The van der Waals surface area contributed by atoms with Gasteiger partial charge in [-0.05, 0) is 135 Å². The molecule has 0 atom stereocenters. The SMILES string of the molecule is Cc1cccc(-c2nc(C)c(-c3c4ccccc4c(-c4c(C)nc(-c5cccc(C)n5)c(C)c4C)c4ccccc34)c(C)c2C)n1. The molecular formula is C42H38N4. The number of benzene rings is 3. The average Bonchev–Trinajstić information content (AvgIpc) is 3.05. The van der Waals surface area contributed by atoms with Crippen LogP contribution < -0.4 is 0 Å². The van der Waals surface area contributed by atoms with Gasteiger partial charge in [0.25, 0.3) is 0 Å². The second kappa shape index (κ2) is 11.3. The van der Waals surface area contributed by atoms with E-state index in [9.17, 15) is 0 Å². The Morgan fingerprint density at radius 2 is 0.674 bits per heavy atom. The van der Waals surface area contributed by atoms with Crippen molar-refractivity contribution in [2.24, 2.45) is 0 Å². The van der Waals surface area contributed by atoms with E-state index in [1.165, 1.54) is 54.9 Å². The van der Waals surface area contributed by atoms with Gasteiger partial charge in [-0.1, -0.05) is 60.7 Å². The van der Waals surface area contributed by atoms with Crippen molar-refractivity contribution in [2.45, 2.75) is 55.4 Å². The number of aromatic nitrogens is 4. The van der Waals surface area contributed by atoms with Gasteiger partial charge in [0.2, 0.25) is 0 Å². The fourth-order valence-electron chi connectivity index (χ4n) is 7.14. The van der Waals surface area contributed by atoms with Crippen LogP contribution in [0.1, 0.15) is 45.0 Å². The van der Waals surface area contributed by atoms with Gasteiger partial charge in [-0.15, -0.1) is 0 Å². The predicted molar refractivity (Wildman–Crippen MR) is 192 cm³/mol. The normalized spacial score (nSPS) is 11.5. The van der Waals surface area contributed by atoms with Crippen LogP contribution in [-0.4, -0.2) is 19.9 Å². The third-order valence-electron chi connectivity index (χ3n) is 9.56. The molecule has 0 unspecified atom stereocenters. The number of pyridine rings is 4. The van der Waals surface area contributed by atoms with E-state index in [2.05, 4.69) is 114 Å². The van der Waals surface area contributed by atoms with E-state index in [0.717, 1.165) is 56.7 Å². The first-order valence-corrected chi connectivity index (χ1v) is 15.9. The lowest BCUT2D eigenvalue weighted by molar-refractivity contribution is 1.11. The largest absolute Gasteiger partial charge is 0.251 e. The summed E-state index contributed by atoms with van der Waals surface area (Å²) in [4.78, 5) is 20.1. The van der Waals surface area contributed by atoms with Gasteiger partial charge in [0.05, 0.1) is 22.8 Å². The van der Waals surface area contributed by atoms with Crippen molar-refractivity contribution >= 4 is 21.5 Å². The maximum absolute atomic E-state index is 5.22. The molecule has 46 heavy (non-hydrogen) atoms. The van der Waals surface area contributed by atoms with Crippen LogP contribution in [-0.2, 0) is 0 Å². The zero-order chi connectivity index (χ0) is 32.3. The molecule has 0 fully saturated rings. The van der Waals surface area contributed by atoms with Crippen molar-refractivity contribution in [1.29, 1.82) is 0 Å². The fraction of sp³-hybridized carbons (Fsp3) is 0.190. The van der Waals surface area contributed by atoms with Crippen LogP contribution >= 0.6 is 0 Å². The molecule has 0 bridgehead atoms. The molecule has 4 heterocycles. The molecule has 0 N–H and O–H groups in total. The van der Waals surface area contributed by atoms with E-state index in [-0.39, 0.29) is 0 Å². The summed E-state index contributed by atoms with van der Waals surface area (Å²) in [5, 5.41) is 4.86. The Hall–Kier alpha value is -5.22.